The van der Waals surface area contributed by atoms with Gasteiger partial charge < -0.3 is 250 Å². The van der Waals surface area contributed by atoms with Crippen LogP contribution in [0.3, 0.4) is 0 Å². The van der Waals surface area contributed by atoms with E-state index in [1.807, 2.05) is 0 Å². The van der Waals surface area contributed by atoms with Crippen molar-refractivity contribution in [3.05, 3.63) is 0 Å². The van der Waals surface area contributed by atoms with Gasteiger partial charge in [0.25, 0.3) is 0 Å². The Hall–Kier alpha value is -4.94. The van der Waals surface area contributed by atoms with E-state index >= 15 is 0 Å². The molecule has 10 rings (SSSR count). The van der Waals surface area contributed by atoms with E-state index in [1.54, 1.807) is 0 Å². The van der Waals surface area contributed by atoms with Crippen LogP contribution in [-0.4, -0.2) is 529 Å². The van der Waals surface area contributed by atoms with Gasteiger partial charge in [0, 0.05) is 41.5 Å². The molecule has 56 heteroatoms. The molecule has 0 saturated carbocycles. The first-order valence-corrected chi connectivity index (χ1v) is 41.0. The Bertz CT molecular complexity index is 3550. The van der Waals surface area contributed by atoms with E-state index in [0.29, 0.717) is 0 Å². The van der Waals surface area contributed by atoms with Gasteiger partial charge in [0.05, 0.1) is 65.6 Å². The molecule has 31 N–H and O–H groups in total. The van der Waals surface area contributed by atoms with Gasteiger partial charge in [-0.1, -0.05) is 0 Å². The fourth-order valence-corrected chi connectivity index (χ4v) is 16.5. The number of carbonyl (C=O) groups is 6. The Labute approximate surface area is 726 Å². The van der Waals surface area contributed by atoms with Gasteiger partial charge in [-0.15, -0.1) is 0 Å². The van der Waals surface area contributed by atoms with Gasteiger partial charge in [0.2, 0.25) is 35.4 Å². The maximum Gasteiger partial charge on any atom is 0.217 e. The molecule has 128 heavy (non-hydrogen) atoms. The summed E-state index contributed by atoms with van der Waals surface area (Å²) in [4.78, 5) is 76.6. The van der Waals surface area contributed by atoms with Crippen LogP contribution in [-0.2, 0) is 119 Å². The zero-order valence-corrected chi connectivity index (χ0v) is 69.6. The third-order valence-electron chi connectivity index (χ3n) is 23.2. The monoisotopic (exact) mass is 1870 g/mol. The van der Waals surface area contributed by atoms with Crippen LogP contribution in [0, 0.1) is 0 Å². The smallest absolute Gasteiger partial charge is 0.217 e. The van der Waals surface area contributed by atoms with Gasteiger partial charge in [-0.2, -0.15) is 0 Å². The van der Waals surface area contributed by atoms with E-state index in [2.05, 4.69) is 31.9 Å². The van der Waals surface area contributed by atoms with E-state index in [4.69, 9.17) is 90.0 Å². The second-order valence-electron chi connectivity index (χ2n) is 32.5. The van der Waals surface area contributed by atoms with Gasteiger partial charge >= 0.3 is 0 Å². The first kappa shape index (κ1) is 105. The molecule has 10 heterocycles. The fraction of sp³-hybridized carbons (Fsp3) is 0.917. The molecule has 738 valence electrons. The topological polar surface area (TPSA) is 856 Å². The molecule has 6 amide bonds. The lowest BCUT2D eigenvalue weighted by Crippen LogP contribution is -2.71. The first-order valence-electron chi connectivity index (χ1n) is 41.0. The minimum Gasteiger partial charge on any atom is -0.394 e. The summed E-state index contributed by atoms with van der Waals surface area (Å²) in [5.41, 5.74) is 0. The third kappa shape index (κ3) is 23.9. The Kier molecular flexibility index (Phi) is 37.8. The van der Waals surface area contributed by atoms with E-state index in [1.165, 1.54) is 6.92 Å². The fourth-order valence-electron chi connectivity index (χ4n) is 16.5. The molecule has 10 saturated heterocycles. The van der Waals surface area contributed by atoms with Crippen molar-refractivity contribution in [1.29, 1.82) is 0 Å². The number of amides is 6. The molecule has 10 fully saturated rings. The van der Waals surface area contributed by atoms with Crippen molar-refractivity contribution >= 4 is 35.4 Å². The van der Waals surface area contributed by atoms with E-state index in [0.717, 1.165) is 41.5 Å². The van der Waals surface area contributed by atoms with Gasteiger partial charge in [-0.05, 0) is 6.92 Å². The maximum absolute atomic E-state index is 13.4. The Morgan fingerprint density at radius 2 is 0.492 bits per heavy atom. The summed E-state index contributed by atoms with van der Waals surface area (Å²) < 4.78 is 114. The predicted molar refractivity (Wildman–Crippen MR) is 398 cm³/mol. The zero-order chi connectivity index (χ0) is 94.4. The highest BCUT2D eigenvalue weighted by Gasteiger charge is 2.62. The molecular weight excluding hydrogens is 1750 g/mol. The van der Waals surface area contributed by atoms with Gasteiger partial charge in [-0.3, -0.25) is 28.8 Å². The molecule has 0 unspecified atom stereocenters. The first-order chi connectivity index (χ1) is 60.4. The van der Waals surface area contributed by atoms with Crippen LogP contribution in [0.25, 0.3) is 0 Å². The van der Waals surface area contributed by atoms with Crippen LogP contribution in [0.5, 0.6) is 0 Å². The van der Waals surface area contributed by atoms with E-state index in [-0.39, 0.29) is 0 Å². The molecule has 0 aliphatic carbocycles. The van der Waals surface area contributed by atoms with Crippen molar-refractivity contribution < 1.29 is 246 Å². The molecular formula is C72H120N6O50. The average molecular weight is 1870 g/mol. The summed E-state index contributed by atoms with van der Waals surface area (Å²) in [5, 5.41) is 297. The van der Waals surface area contributed by atoms with Crippen molar-refractivity contribution in [2.75, 3.05) is 59.5 Å². The number of aliphatic hydroxyl groups excluding tert-OH is 25. The number of carbonyl (C=O) groups excluding carboxylic acids is 6. The molecule has 10 aliphatic rings. The largest absolute Gasteiger partial charge is 0.394 e. The highest BCUT2D eigenvalue weighted by molar-refractivity contribution is 5.75. The number of hydrogen-bond donors (Lipinski definition) is 31. The minimum atomic E-state index is -2.66. The lowest BCUT2D eigenvalue weighted by atomic mass is 9.93. The second kappa shape index (κ2) is 46.1. The molecule has 0 bridgehead atoms. The molecule has 50 atom stereocenters. The number of hydrogen-bond acceptors (Lipinski definition) is 50. The summed E-state index contributed by atoms with van der Waals surface area (Å²) in [6.07, 6.45) is -91.4. The van der Waals surface area contributed by atoms with Crippen molar-refractivity contribution in [3.63, 3.8) is 0 Å². The quantitative estimate of drug-likeness (QED) is 0.0290. The summed E-state index contributed by atoms with van der Waals surface area (Å²) in [6, 6.07) is -11.0. The molecule has 0 radical (unpaired) electrons. The highest BCUT2D eigenvalue weighted by Crippen LogP contribution is 2.41. The maximum atomic E-state index is 13.4. The summed E-state index contributed by atoms with van der Waals surface area (Å²) in [7, 11) is 0. The van der Waals surface area contributed by atoms with Crippen LogP contribution in [0.1, 0.15) is 48.5 Å². The molecule has 0 spiro atoms. The Morgan fingerprint density at radius 1 is 0.219 bits per heavy atom. The molecule has 0 aromatic heterocycles. The zero-order valence-electron chi connectivity index (χ0n) is 69.6. The van der Waals surface area contributed by atoms with Crippen molar-refractivity contribution in [1.82, 2.24) is 31.9 Å². The van der Waals surface area contributed by atoms with Crippen molar-refractivity contribution in [3.8, 4) is 0 Å². The highest BCUT2D eigenvalue weighted by atomic mass is 16.8. The third-order valence-corrected chi connectivity index (χ3v) is 23.2. The van der Waals surface area contributed by atoms with Crippen LogP contribution in [0.2, 0.25) is 0 Å². The summed E-state index contributed by atoms with van der Waals surface area (Å²) >= 11 is 0. The number of rotatable bonds is 33. The van der Waals surface area contributed by atoms with Crippen molar-refractivity contribution in [2.45, 2.75) is 355 Å². The van der Waals surface area contributed by atoms with Gasteiger partial charge in [0.15, 0.2) is 62.9 Å². The van der Waals surface area contributed by atoms with Crippen LogP contribution in [0.4, 0.5) is 0 Å². The normalized spacial score (nSPS) is 47.8. The van der Waals surface area contributed by atoms with E-state index in [9.17, 15) is 156 Å². The average Bonchev–Trinajstić information content (AvgIpc) is 0.766. The Morgan fingerprint density at radius 3 is 0.906 bits per heavy atom. The van der Waals surface area contributed by atoms with E-state index < -0.39 is 402 Å². The summed E-state index contributed by atoms with van der Waals surface area (Å²) in [6.45, 7) is -2.74. The molecule has 0 aromatic carbocycles. The minimum absolute atomic E-state index is 0.817. The van der Waals surface area contributed by atoms with Crippen molar-refractivity contribution in [2.24, 2.45) is 0 Å². The number of aliphatic hydroxyl groups is 25. The van der Waals surface area contributed by atoms with Gasteiger partial charge in [0.1, 0.15) is 238 Å². The van der Waals surface area contributed by atoms with Crippen LogP contribution in [0.15, 0.2) is 0 Å². The second-order valence-corrected chi connectivity index (χ2v) is 32.5. The summed E-state index contributed by atoms with van der Waals surface area (Å²) in [5.74, 6) is -5.40. The lowest BCUT2D eigenvalue weighted by Gasteiger charge is -2.51. The lowest BCUT2D eigenvalue weighted by molar-refractivity contribution is -0.398. The Balaban J connectivity index is 1.02. The van der Waals surface area contributed by atoms with Crippen LogP contribution < -0.4 is 31.9 Å². The molecule has 10 aliphatic heterocycles. The predicted octanol–water partition coefficient (Wildman–Crippen LogP) is -20.9. The molecule has 56 nitrogen and oxygen atoms in total. The molecule has 0 aromatic rings. The van der Waals surface area contributed by atoms with Crippen LogP contribution >= 0.6 is 0 Å². The number of nitrogens with one attached hydrogen (secondary N) is 6. The SMILES string of the molecule is CC(=O)N[C@@H]1[C@@H](O)[C@H](O[C@@H]2O[C@H](CO)[C@@H](O[C@@H]3O[C@H](CO[C@H]4O[C@H](CO[C@@H]5O[C@H](CO)[C@@H](O)[C@H](O)[C@H]5NC(C)=O)[C@@H](O)[C@H](O)[C@@H]4O[C@@H]4O[C@H](CO)[C@@H](O)[C@H](O)[C@H]4NC(C)=O)[C@@H](O)[C@H](O[C@H]4O[C@H](CO)[C@@H](O)[C@H](O)[C@@H]4O[C@@H]4O[C@H](CO)[C@@H](O[C@@H]5O[C@H](CO)[C@H](O)[C@H](O)[C@H]5NC(C)=O)[C@H](O)[C@H]4NC(C)=O)[C@@H]3O)[C@H](O)[C@H]2NC(C)=O)[C@@H](CO[C@H]2O[C@H](C)[C@H](O)[C@@H](O)[C@H]2O)O[C@H]1O. The standard InChI is InChI=1S/C72H120N6O50/c1-17-39(91)52(104)55(107)69(113-17)111-16-32-59(49(101)33(63(109)114-32)73-18(2)85)124-67-37(77-22(6)89)51(103)58(29(13-84)119-67)125-70-56(108)60(126-72-62(53(105)43(95)27(11-82)118-72)128-68-38(78-23(7)90)50(102)57(28(12-83)120-68)123-65-35(75-20(4)87)47(99)41(93)25(9-80)116-65)45(97)31(121-70)15-112-71-61(127-66-36(76-21(5)88)48(100)42(94)26(10-81)117-66)54(106)44(96)30(122-71)14-110-64-34(74-19(3)86)46(98)40(92)24(8-79)115-64/h17,24-72,79-84,91-109H,8-16H2,1-7H3,(H,73,85)(H,74,86)(H,75,87)(H,76,88)(H,77,89)(H,78,90)/t17-,24-,25-,26-,27-,28-,29-,30-,31-,32-,33-,34-,35-,36-,37-,38-,39+,40-,41+,42-,43-,44-,45-,46-,47-,48-,49-,50-,51-,52-,53+,54+,55-,56+,57-,58-,59-,60+,61+,62+,63-,64-,65+,66+,67+,68+,69+,70+,71+,72-/m1/s1. The van der Waals surface area contributed by atoms with Gasteiger partial charge in [-0.25, -0.2) is 0 Å². The number of ether oxygens (including phenoxy) is 19.